The second-order valence-electron chi connectivity index (χ2n) is 9.72. The maximum absolute atomic E-state index is 14.2. The summed E-state index contributed by atoms with van der Waals surface area (Å²) < 4.78 is 1.62. The molecule has 2 aromatic carbocycles. The number of anilines is 2. The van der Waals surface area contributed by atoms with Gasteiger partial charge in [-0.25, -0.2) is 20.4 Å². The topological polar surface area (TPSA) is 158 Å². The largest absolute Gasteiger partial charge is 0.384 e. The Morgan fingerprint density at radius 1 is 1.05 bits per heavy atom. The van der Waals surface area contributed by atoms with Crippen LogP contribution < -0.4 is 21.7 Å². The summed E-state index contributed by atoms with van der Waals surface area (Å²) >= 11 is 0. The van der Waals surface area contributed by atoms with E-state index >= 15 is 0 Å². The fourth-order valence-corrected chi connectivity index (χ4v) is 4.79. The monoisotopic (exact) mass is 554 g/mol. The van der Waals surface area contributed by atoms with Crippen molar-refractivity contribution >= 4 is 28.3 Å². The minimum absolute atomic E-state index is 0.213. The van der Waals surface area contributed by atoms with Crippen LogP contribution in [0, 0.1) is 25.2 Å². The van der Waals surface area contributed by atoms with Crippen molar-refractivity contribution in [3.8, 4) is 11.8 Å². The normalized spacial score (nSPS) is 11.6. The van der Waals surface area contributed by atoms with Crippen molar-refractivity contribution < 1.29 is 10.0 Å². The maximum atomic E-state index is 14.2. The maximum Gasteiger partial charge on any atom is 0.268 e. The Morgan fingerprint density at radius 2 is 1.83 bits per heavy atom. The molecule has 0 unspecified atom stereocenters. The third-order valence-corrected chi connectivity index (χ3v) is 6.80. The van der Waals surface area contributed by atoms with Crippen LogP contribution in [0.2, 0.25) is 0 Å². The molecule has 4 aromatic rings. The van der Waals surface area contributed by atoms with Gasteiger partial charge in [0.15, 0.2) is 0 Å². The molecule has 11 heteroatoms. The summed E-state index contributed by atoms with van der Waals surface area (Å²) in [5.41, 5.74) is 4.27. The van der Waals surface area contributed by atoms with E-state index in [2.05, 4.69) is 26.7 Å². The number of nitrogens with zero attached hydrogens (tertiary/aromatic N) is 5. The zero-order chi connectivity index (χ0) is 29.4. The van der Waals surface area contributed by atoms with Crippen molar-refractivity contribution in [2.75, 3.05) is 17.2 Å². The van der Waals surface area contributed by atoms with E-state index in [1.807, 2.05) is 55.5 Å². The molecule has 2 heterocycles. The van der Waals surface area contributed by atoms with E-state index in [1.165, 1.54) is 0 Å². The van der Waals surface area contributed by atoms with Crippen LogP contribution in [-0.4, -0.2) is 37.2 Å². The lowest BCUT2D eigenvalue weighted by Gasteiger charge is -2.23. The van der Waals surface area contributed by atoms with Crippen LogP contribution in [0.15, 0.2) is 53.3 Å². The van der Waals surface area contributed by atoms with Crippen molar-refractivity contribution in [2.24, 2.45) is 0 Å². The van der Waals surface area contributed by atoms with E-state index < -0.39 is 11.9 Å². The van der Waals surface area contributed by atoms with Gasteiger partial charge >= 0.3 is 0 Å². The Kier molecular flexibility index (Phi) is 9.60. The summed E-state index contributed by atoms with van der Waals surface area (Å²) in [5.74, 6) is 1.06. The number of hydrogen-bond acceptors (Lipinski definition) is 9. The summed E-state index contributed by atoms with van der Waals surface area (Å²) in [5, 5.41) is 25.6. The first-order valence-corrected chi connectivity index (χ1v) is 13.7. The first-order chi connectivity index (χ1) is 19.9. The Balaban J connectivity index is 1.74. The molecule has 0 aliphatic rings. The van der Waals surface area contributed by atoms with Crippen LogP contribution in [0.4, 0.5) is 11.5 Å². The first kappa shape index (κ1) is 29.2. The van der Waals surface area contributed by atoms with Crippen molar-refractivity contribution in [1.29, 1.82) is 5.26 Å². The molecule has 212 valence electrons. The van der Waals surface area contributed by atoms with Crippen LogP contribution in [0.3, 0.4) is 0 Å². The number of unbranched alkanes of at least 4 members (excludes halogenated alkanes) is 2. The number of hydrogen-bond donors (Lipinski definition) is 4. The SMILES string of the molecule is CC[C@H](Nc1nc(C)nc(C)c1C#N)c1nc2cccc(NCCCCCC(=O)NO)c2c(=O)n1-c1ccccc1. The number of fused-ring (bicyclic) bond motifs is 1. The smallest absolute Gasteiger partial charge is 0.268 e. The number of amides is 1. The third-order valence-electron chi connectivity index (χ3n) is 6.80. The highest BCUT2D eigenvalue weighted by molar-refractivity contribution is 5.91. The molecule has 4 rings (SSSR count). The number of carbonyl (C=O) groups is 1. The predicted molar refractivity (Wildman–Crippen MR) is 157 cm³/mol. The van der Waals surface area contributed by atoms with Crippen molar-refractivity contribution in [2.45, 2.75) is 58.9 Å². The molecular formula is C30H34N8O3. The summed E-state index contributed by atoms with van der Waals surface area (Å²) in [6, 6.07) is 16.7. The lowest BCUT2D eigenvalue weighted by atomic mass is 10.1. The van der Waals surface area contributed by atoms with Crippen LogP contribution in [0.5, 0.6) is 0 Å². The highest BCUT2D eigenvalue weighted by atomic mass is 16.5. The van der Waals surface area contributed by atoms with Gasteiger partial charge in [-0.2, -0.15) is 5.26 Å². The minimum Gasteiger partial charge on any atom is -0.384 e. The van der Waals surface area contributed by atoms with Gasteiger partial charge in [-0.3, -0.25) is 19.4 Å². The first-order valence-electron chi connectivity index (χ1n) is 13.7. The zero-order valence-electron chi connectivity index (χ0n) is 23.4. The van der Waals surface area contributed by atoms with E-state index in [0.29, 0.717) is 70.4 Å². The molecule has 0 spiro atoms. The number of aromatic nitrogens is 4. The second-order valence-corrected chi connectivity index (χ2v) is 9.72. The standard InChI is InChI=1S/C30H34N8O3/c1-4-23(35-28-22(18-31)19(2)33-20(3)34-28)29-36-25-15-11-14-24(32-17-10-6-9-16-26(39)37-41)27(25)30(40)38(29)21-12-7-5-8-13-21/h5,7-8,11-15,23,32,41H,4,6,9-10,16-17H2,1-3H3,(H,37,39)(H,33,34,35)/t23-/m0/s1. The van der Waals surface area contributed by atoms with Gasteiger partial charge in [-0.15, -0.1) is 0 Å². The highest BCUT2D eigenvalue weighted by Gasteiger charge is 2.23. The molecule has 41 heavy (non-hydrogen) atoms. The average molecular weight is 555 g/mol. The summed E-state index contributed by atoms with van der Waals surface area (Å²) in [6.07, 6.45) is 3.06. The van der Waals surface area contributed by atoms with E-state index in [-0.39, 0.29) is 12.0 Å². The van der Waals surface area contributed by atoms with E-state index in [4.69, 9.17) is 10.2 Å². The third kappa shape index (κ3) is 6.67. The van der Waals surface area contributed by atoms with Crippen LogP contribution >= 0.6 is 0 Å². The Morgan fingerprint density at radius 3 is 2.54 bits per heavy atom. The molecule has 4 N–H and O–H groups in total. The van der Waals surface area contributed by atoms with Gasteiger partial charge in [0.25, 0.3) is 5.56 Å². The number of para-hydroxylation sites is 1. The molecule has 0 saturated heterocycles. The van der Waals surface area contributed by atoms with Gasteiger partial charge in [0.2, 0.25) is 5.91 Å². The molecule has 2 aromatic heterocycles. The van der Waals surface area contributed by atoms with Crippen molar-refractivity contribution in [3.63, 3.8) is 0 Å². The highest BCUT2D eigenvalue weighted by Crippen LogP contribution is 2.28. The molecule has 11 nitrogen and oxygen atoms in total. The Labute approximate surface area is 238 Å². The number of carbonyl (C=O) groups excluding carboxylic acids is 1. The van der Waals surface area contributed by atoms with Crippen LogP contribution in [0.25, 0.3) is 16.6 Å². The number of nitriles is 1. The summed E-state index contributed by atoms with van der Waals surface area (Å²) in [4.78, 5) is 39.2. The zero-order valence-corrected chi connectivity index (χ0v) is 23.4. The van der Waals surface area contributed by atoms with Gasteiger partial charge < -0.3 is 10.6 Å². The number of hydroxylamine groups is 1. The van der Waals surface area contributed by atoms with Crippen LogP contribution in [-0.2, 0) is 4.79 Å². The van der Waals surface area contributed by atoms with E-state index in [0.717, 1.165) is 12.8 Å². The minimum atomic E-state index is -0.430. The van der Waals surface area contributed by atoms with Gasteiger partial charge in [0.1, 0.15) is 29.1 Å². The quantitative estimate of drug-likeness (QED) is 0.111. The lowest BCUT2D eigenvalue weighted by Crippen LogP contribution is -2.29. The predicted octanol–water partition coefficient (Wildman–Crippen LogP) is 4.71. The Bertz CT molecular complexity index is 1630. The molecule has 1 atom stereocenters. The average Bonchev–Trinajstić information content (AvgIpc) is 2.97. The molecule has 0 fully saturated rings. The van der Waals surface area contributed by atoms with Gasteiger partial charge in [-0.1, -0.05) is 37.6 Å². The molecular weight excluding hydrogens is 520 g/mol. The number of rotatable bonds is 12. The number of benzene rings is 2. The van der Waals surface area contributed by atoms with Crippen LogP contribution in [0.1, 0.15) is 68.0 Å². The molecule has 0 radical (unpaired) electrons. The molecule has 1 amide bonds. The van der Waals surface area contributed by atoms with E-state index in [9.17, 15) is 14.9 Å². The second kappa shape index (κ2) is 13.5. The fraction of sp³-hybridized carbons (Fsp3) is 0.333. The molecule has 0 aliphatic carbocycles. The molecule has 0 aliphatic heterocycles. The Hall–Kier alpha value is -4.82. The summed E-state index contributed by atoms with van der Waals surface area (Å²) in [7, 11) is 0. The molecule has 0 bridgehead atoms. The molecule has 0 saturated carbocycles. The lowest BCUT2D eigenvalue weighted by molar-refractivity contribution is -0.129. The number of nitrogens with one attached hydrogen (secondary N) is 3. The summed E-state index contributed by atoms with van der Waals surface area (Å²) in [6.45, 7) is 6.14. The van der Waals surface area contributed by atoms with E-state index in [1.54, 1.807) is 23.9 Å². The fourth-order valence-electron chi connectivity index (χ4n) is 4.79. The van der Waals surface area contributed by atoms with Gasteiger partial charge in [-0.05, 0) is 57.4 Å². The van der Waals surface area contributed by atoms with Gasteiger partial charge in [0, 0.05) is 18.7 Å². The van der Waals surface area contributed by atoms with Gasteiger partial charge in [0.05, 0.1) is 28.3 Å². The van der Waals surface area contributed by atoms with Crippen molar-refractivity contribution in [3.05, 3.63) is 81.8 Å². The number of aryl methyl sites for hydroxylation is 2. The van der Waals surface area contributed by atoms with Crippen molar-refractivity contribution in [1.82, 2.24) is 25.0 Å².